The van der Waals surface area contributed by atoms with Gasteiger partial charge in [-0.3, -0.25) is 9.69 Å². The first-order chi connectivity index (χ1) is 16.4. The van der Waals surface area contributed by atoms with Gasteiger partial charge in [0.1, 0.15) is 0 Å². The Kier molecular flexibility index (Phi) is 7.27. The van der Waals surface area contributed by atoms with Crippen LogP contribution in [0.2, 0.25) is 0 Å². The normalized spacial score (nSPS) is 15.0. The summed E-state index contributed by atoms with van der Waals surface area (Å²) in [7, 11) is 0. The maximum atomic E-state index is 12.8. The quantitative estimate of drug-likeness (QED) is 0.420. The highest BCUT2D eigenvalue weighted by Crippen LogP contribution is 2.29. The van der Waals surface area contributed by atoms with Crippen molar-refractivity contribution < 1.29 is 18.0 Å². The predicted molar refractivity (Wildman–Crippen MR) is 127 cm³/mol. The minimum Gasteiger partial charge on any atom is -0.369 e. The molecule has 34 heavy (non-hydrogen) atoms. The van der Waals surface area contributed by atoms with Crippen LogP contribution >= 0.6 is 0 Å². The van der Waals surface area contributed by atoms with Gasteiger partial charge < -0.3 is 4.90 Å². The second kappa shape index (κ2) is 10.5. The van der Waals surface area contributed by atoms with Gasteiger partial charge >= 0.3 is 6.18 Å². The van der Waals surface area contributed by atoms with E-state index in [1.165, 1.54) is 24.0 Å². The third-order valence-corrected chi connectivity index (χ3v) is 5.71. The van der Waals surface area contributed by atoms with Crippen molar-refractivity contribution in [2.75, 3.05) is 31.1 Å². The summed E-state index contributed by atoms with van der Waals surface area (Å²) >= 11 is 0. The summed E-state index contributed by atoms with van der Waals surface area (Å²) in [4.78, 5) is 17.1. The molecule has 1 fully saturated rings. The topological polar surface area (TPSA) is 47.9 Å². The maximum absolute atomic E-state index is 12.8. The van der Waals surface area contributed by atoms with E-state index in [0.29, 0.717) is 5.56 Å². The zero-order valence-corrected chi connectivity index (χ0v) is 18.5. The fourth-order valence-corrected chi connectivity index (χ4v) is 3.85. The molecular formula is C26H25F3N4O. The van der Waals surface area contributed by atoms with Crippen LogP contribution in [0, 0.1) is 0 Å². The van der Waals surface area contributed by atoms with Crippen molar-refractivity contribution in [3.8, 4) is 0 Å². The number of nitrogens with zero attached hydrogens (tertiary/aromatic N) is 3. The highest BCUT2D eigenvalue weighted by atomic mass is 19.4. The Morgan fingerprint density at radius 3 is 2.29 bits per heavy atom. The zero-order chi connectivity index (χ0) is 24.0. The number of hydrazone groups is 1. The van der Waals surface area contributed by atoms with Crippen LogP contribution in [0.3, 0.4) is 0 Å². The summed E-state index contributed by atoms with van der Waals surface area (Å²) in [5.74, 6) is -0.425. The fourth-order valence-electron chi connectivity index (χ4n) is 3.85. The average molecular weight is 467 g/mol. The number of piperazine rings is 1. The van der Waals surface area contributed by atoms with Crippen LogP contribution in [-0.4, -0.2) is 43.2 Å². The van der Waals surface area contributed by atoms with E-state index in [1.54, 1.807) is 12.1 Å². The smallest absolute Gasteiger partial charge is 0.369 e. The fraction of sp³-hybridized carbons (Fsp3) is 0.231. The van der Waals surface area contributed by atoms with Gasteiger partial charge in [0.25, 0.3) is 5.91 Å². The van der Waals surface area contributed by atoms with Crippen molar-refractivity contribution in [2.45, 2.75) is 12.7 Å². The Morgan fingerprint density at radius 1 is 0.912 bits per heavy atom. The lowest BCUT2D eigenvalue weighted by atomic mass is 10.1. The summed E-state index contributed by atoms with van der Waals surface area (Å²) < 4.78 is 38.4. The molecule has 176 valence electrons. The number of halogens is 3. The molecule has 1 heterocycles. The number of hydrogen-bond acceptors (Lipinski definition) is 4. The molecule has 0 atom stereocenters. The first-order valence-corrected chi connectivity index (χ1v) is 11.0. The standard InChI is InChI=1S/C26H25F3N4O/c27-26(28,29)23-6-4-5-21(17-23)18-30-31-25(34)22-11-9-20(10-12-22)19-32-13-15-33(16-14-32)24-7-2-1-3-8-24/h1-12,17-18H,13-16,19H2,(H,31,34)/b30-18-. The highest BCUT2D eigenvalue weighted by Gasteiger charge is 2.30. The van der Waals surface area contributed by atoms with Crippen molar-refractivity contribution in [2.24, 2.45) is 5.10 Å². The van der Waals surface area contributed by atoms with Crippen LogP contribution < -0.4 is 10.3 Å². The second-order valence-corrected chi connectivity index (χ2v) is 8.12. The van der Waals surface area contributed by atoms with Crippen molar-refractivity contribution >= 4 is 17.8 Å². The molecule has 1 N–H and O–H groups in total. The third kappa shape index (κ3) is 6.23. The molecule has 3 aromatic carbocycles. The zero-order valence-electron chi connectivity index (χ0n) is 18.5. The van der Waals surface area contributed by atoms with Crippen LogP contribution in [0.4, 0.5) is 18.9 Å². The lowest BCUT2D eigenvalue weighted by Gasteiger charge is -2.36. The maximum Gasteiger partial charge on any atom is 0.416 e. The van der Waals surface area contributed by atoms with Gasteiger partial charge in [-0.1, -0.05) is 42.5 Å². The lowest BCUT2D eigenvalue weighted by molar-refractivity contribution is -0.137. The van der Waals surface area contributed by atoms with Crippen LogP contribution in [0.15, 0.2) is 84.0 Å². The van der Waals surface area contributed by atoms with Crippen LogP contribution in [-0.2, 0) is 12.7 Å². The summed E-state index contributed by atoms with van der Waals surface area (Å²) in [6.07, 6.45) is -3.24. The summed E-state index contributed by atoms with van der Waals surface area (Å²) in [6.45, 7) is 4.66. The molecule has 0 aliphatic carbocycles. The number of benzene rings is 3. The second-order valence-electron chi connectivity index (χ2n) is 8.12. The van der Waals surface area contributed by atoms with E-state index in [4.69, 9.17) is 0 Å². The van der Waals surface area contributed by atoms with Crippen LogP contribution in [0.5, 0.6) is 0 Å². The molecule has 5 nitrogen and oxygen atoms in total. The monoisotopic (exact) mass is 466 g/mol. The first-order valence-electron chi connectivity index (χ1n) is 11.0. The number of nitrogens with one attached hydrogen (secondary N) is 1. The van der Waals surface area contributed by atoms with E-state index in [-0.39, 0.29) is 5.56 Å². The summed E-state index contributed by atoms with van der Waals surface area (Å²) in [6, 6.07) is 22.4. The molecule has 1 saturated heterocycles. The Hall–Kier alpha value is -3.65. The van der Waals surface area contributed by atoms with Crippen molar-refractivity contribution in [1.29, 1.82) is 0 Å². The molecule has 0 spiro atoms. The number of para-hydroxylation sites is 1. The van der Waals surface area contributed by atoms with Gasteiger partial charge in [0.15, 0.2) is 0 Å². The molecule has 0 saturated carbocycles. The number of amides is 1. The molecular weight excluding hydrogens is 441 g/mol. The van der Waals surface area contributed by atoms with Gasteiger partial charge in [-0.15, -0.1) is 0 Å². The molecule has 0 aromatic heterocycles. The van der Waals surface area contributed by atoms with Gasteiger partial charge in [-0.05, 0) is 47.5 Å². The number of carbonyl (C=O) groups is 1. The van der Waals surface area contributed by atoms with E-state index < -0.39 is 17.6 Å². The molecule has 1 aliphatic heterocycles. The minimum absolute atomic E-state index is 0.248. The third-order valence-electron chi connectivity index (χ3n) is 5.71. The van der Waals surface area contributed by atoms with E-state index in [1.807, 2.05) is 18.2 Å². The number of alkyl halides is 3. The molecule has 1 aliphatic rings. The number of carbonyl (C=O) groups excluding carboxylic acids is 1. The Balaban J connectivity index is 1.26. The lowest BCUT2D eigenvalue weighted by Crippen LogP contribution is -2.45. The van der Waals surface area contributed by atoms with Gasteiger partial charge in [-0.2, -0.15) is 18.3 Å². The number of anilines is 1. The van der Waals surface area contributed by atoms with E-state index >= 15 is 0 Å². The van der Waals surface area contributed by atoms with E-state index in [9.17, 15) is 18.0 Å². The Morgan fingerprint density at radius 2 is 1.62 bits per heavy atom. The van der Waals surface area contributed by atoms with Gasteiger partial charge in [0.05, 0.1) is 11.8 Å². The van der Waals surface area contributed by atoms with Gasteiger partial charge in [0.2, 0.25) is 0 Å². The molecule has 0 radical (unpaired) electrons. The Labute approximate surface area is 196 Å². The molecule has 3 aromatic rings. The van der Waals surface area contributed by atoms with E-state index in [2.05, 4.69) is 44.6 Å². The molecule has 0 unspecified atom stereocenters. The molecule has 1 amide bonds. The van der Waals surface area contributed by atoms with Crippen LogP contribution in [0.1, 0.15) is 27.0 Å². The van der Waals surface area contributed by atoms with Gasteiger partial charge in [0, 0.05) is 44.0 Å². The summed E-state index contributed by atoms with van der Waals surface area (Å²) in [5.41, 5.74) is 4.63. The highest BCUT2D eigenvalue weighted by molar-refractivity contribution is 5.94. The van der Waals surface area contributed by atoms with Crippen LogP contribution in [0.25, 0.3) is 0 Å². The Bertz CT molecular complexity index is 1120. The average Bonchev–Trinajstić information content (AvgIpc) is 2.85. The predicted octanol–water partition coefficient (Wildman–Crippen LogP) is 4.79. The van der Waals surface area contributed by atoms with Crippen molar-refractivity contribution in [3.63, 3.8) is 0 Å². The van der Waals surface area contributed by atoms with Crippen molar-refractivity contribution in [3.05, 3.63) is 101 Å². The minimum atomic E-state index is -4.43. The van der Waals surface area contributed by atoms with E-state index in [0.717, 1.165) is 50.4 Å². The van der Waals surface area contributed by atoms with Crippen molar-refractivity contribution in [1.82, 2.24) is 10.3 Å². The first kappa shape index (κ1) is 23.5. The summed E-state index contributed by atoms with van der Waals surface area (Å²) in [5, 5.41) is 3.78. The molecule has 8 heteroatoms. The largest absolute Gasteiger partial charge is 0.416 e. The number of hydrogen-bond donors (Lipinski definition) is 1. The molecule has 4 rings (SSSR count). The SMILES string of the molecule is O=C(N/N=C\c1cccc(C(F)(F)F)c1)c1ccc(CN2CCN(c3ccccc3)CC2)cc1. The molecule has 0 bridgehead atoms. The van der Waals surface area contributed by atoms with Gasteiger partial charge in [-0.25, -0.2) is 5.43 Å². The number of rotatable bonds is 6.